The summed E-state index contributed by atoms with van der Waals surface area (Å²) in [6.45, 7) is 6.48. The van der Waals surface area contributed by atoms with Gasteiger partial charge in [-0.15, -0.1) is 10.2 Å². The number of benzene rings is 2. The van der Waals surface area contributed by atoms with E-state index in [1.807, 2.05) is 37.5 Å². The second-order valence-corrected chi connectivity index (χ2v) is 8.91. The zero-order chi connectivity index (χ0) is 22.5. The Morgan fingerprint density at radius 2 is 1.87 bits per heavy atom. The van der Waals surface area contributed by atoms with Gasteiger partial charge < -0.3 is 14.6 Å². The van der Waals surface area contributed by atoms with Crippen LogP contribution >= 0.6 is 46.6 Å². The van der Waals surface area contributed by atoms with Crippen molar-refractivity contribution in [3.63, 3.8) is 0 Å². The van der Waals surface area contributed by atoms with Crippen molar-refractivity contribution < 1.29 is 9.53 Å². The van der Waals surface area contributed by atoms with E-state index in [1.165, 1.54) is 11.8 Å². The molecule has 0 spiro atoms. The molecule has 1 heterocycles. The monoisotopic (exact) mass is 498 g/mol. The maximum atomic E-state index is 12.3. The molecule has 1 amide bonds. The third-order valence-electron chi connectivity index (χ3n) is 4.35. The lowest BCUT2D eigenvalue weighted by Gasteiger charge is -2.16. The van der Waals surface area contributed by atoms with Gasteiger partial charge >= 0.3 is 0 Å². The topological polar surface area (TPSA) is 69.0 Å². The van der Waals surface area contributed by atoms with Crippen molar-refractivity contribution in [3.05, 3.63) is 62.9 Å². The van der Waals surface area contributed by atoms with Crippen molar-refractivity contribution in [2.75, 3.05) is 11.1 Å². The van der Waals surface area contributed by atoms with Gasteiger partial charge in [0.1, 0.15) is 5.75 Å². The average molecular weight is 500 g/mol. The highest BCUT2D eigenvalue weighted by molar-refractivity contribution is 7.99. The predicted molar refractivity (Wildman–Crippen MR) is 127 cm³/mol. The van der Waals surface area contributed by atoms with Gasteiger partial charge in [-0.1, -0.05) is 52.6 Å². The number of halogens is 3. The highest BCUT2D eigenvalue weighted by atomic mass is 35.5. The van der Waals surface area contributed by atoms with E-state index >= 15 is 0 Å². The van der Waals surface area contributed by atoms with Crippen LogP contribution in [0.1, 0.15) is 31.3 Å². The van der Waals surface area contributed by atoms with Crippen LogP contribution in [-0.2, 0) is 11.3 Å². The molecule has 10 heteroatoms. The first-order chi connectivity index (χ1) is 14.8. The van der Waals surface area contributed by atoms with Crippen molar-refractivity contribution in [1.29, 1.82) is 0 Å². The van der Waals surface area contributed by atoms with E-state index in [0.29, 0.717) is 44.0 Å². The molecule has 0 saturated carbocycles. The van der Waals surface area contributed by atoms with Crippen molar-refractivity contribution in [2.24, 2.45) is 0 Å². The van der Waals surface area contributed by atoms with E-state index in [4.69, 9.17) is 39.5 Å². The molecule has 3 rings (SSSR count). The van der Waals surface area contributed by atoms with Gasteiger partial charge in [-0.3, -0.25) is 4.79 Å². The molecule has 0 aliphatic rings. The van der Waals surface area contributed by atoms with Crippen LogP contribution in [0.2, 0.25) is 15.1 Å². The SMILES string of the molecule is CCn1c(SCC(=O)Nc2ccc(Cl)c(Cl)c2)nnc1C(C)Oc1cc(C)ccc1Cl. The molecule has 0 saturated heterocycles. The molecule has 31 heavy (non-hydrogen) atoms. The maximum Gasteiger partial charge on any atom is 0.234 e. The quantitative estimate of drug-likeness (QED) is 0.361. The Morgan fingerprint density at radius 1 is 1.13 bits per heavy atom. The average Bonchev–Trinajstić information content (AvgIpc) is 3.15. The standard InChI is InChI=1S/C21H21Cl3N4O2S/c1-4-28-20(13(3)30-18-9-12(2)5-7-16(18)23)26-27-21(28)31-11-19(29)25-14-6-8-15(22)17(24)10-14/h5-10,13H,4,11H2,1-3H3,(H,25,29). The number of aryl methyl sites for hydroxylation is 1. The second kappa shape index (κ2) is 10.6. The number of aromatic nitrogens is 3. The Morgan fingerprint density at radius 3 is 2.58 bits per heavy atom. The van der Waals surface area contributed by atoms with Gasteiger partial charge in [-0.2, -0.15) is 0 Å². The van der Waals surface area contributed by atoms with Crippen LogP contribution in [0.25, 0.3) is 0 Å². The van der Waals surface area contributed by atoms with Crippen molar-refractivity contribution in [3.8, 4) is 5.75 Å². The highest BCUT2D eigenvalue weighted by Crippen LogP contribution is 2.31. The summed E-state index contributed by atoms with van der Waals surface area (Å²) in [4.78, 5) is 12.3. The molecule has 164 valence electrons. The summed E-state index contributed by atoms with van der Waals surface area (Å²) in [5.74, 6) is 1.23. The summed E-state index contributed by atoms with van der Waals surface area (Å²) in [5, 5.41) is 13.3. The Hall–Kier alpha value is -1.93. The van der Waals surface area contributed by atoms with Crippen LogP contribution in [0.3, 0.4) is 0 Å². The number of carbonyl (C=O) groups is 1. The predicted octanol–water partition coefficient (Wildman–Crippen LogP) is 6.44. The van der Waals surface area contributed by atoms with Crippen LogP contribution in [0.5, 0.6) is 5.75 Å². The zero-order valence-electron chi connectivity index (χ0n) is 17.2. The summed E-state index contributed by atoms with van der Waals surface area (Å²) < 4.78 is 7.95. The Kier molecular flexibility index (Phi) is 8.11. The van der Waals surface area contributed by atoms with E-state index in [2.05, 4.69) is 15.5 Å². The van der Waals surface area contributed by atoms with Gasteiger partial charge in [-0.25, -0.2) is 0 Å². The minimum absolute atomic E-state index is 0.164. The number of carbonyl (C=O) groups excluding carboxylic acids is 1. The minimum atomic E-state index is -0.369. The van der Waals surface area contributed by atoms with E-state index in [1.54, 1.807) is 24.3 Å². The fourth-order valence-electron chi connectivity index (χ4n) is 2.85. The summed E-state index contributed by atoms with van der Waals surface area (Å²) in [5.41, 5.74) is 1.63. The van der Waals surface area contributed by atoms with Crippen molar-refractivity contribution in [2.45, 2.75) is 38.6 Å². The molecule has 0 radical (unpaired) electrons. The molecule has 1 aromatic heterocycles. The smallest absolute Gasteiger partial charge is 0.234 e. The number of ether oxygens (including phenoxy) is 1. The van der Waals surface area contributed by atoms with Crippen LogP contribution in [0.4, 0.5) is 5.69 Å². The van der Waals surface area contributed by atoms with E-state index in [-0.39, 0.29) is 17.8 Å². The number of rotatable bonds is 8. The molecule has 1 atom stereocenters. The lowest BCUT2D eigenvalue weighted by atomic mass is 10.2. The zero-order valence-corrected chi connectivity index (χ0v) is 20.2. The lowest BCUT2D eigenvalue weighted by molar-refractivity contribution is -0.113. The van der Waals surface area contributed by atoms with Gasteiger partial charge in [0.25, 0.3) is 0 Å². The Balaban J connectivity index is 1.65. The molecule has 6 nitrogen and oxygen atoms in total. The first-order valence-corrected chi connectivity index (χ1v) is 11.6. The summed E-state index contributed by atoms with van der Waals surface area (Å²) in [6.07, 6.45) is -0.369. The molecular weight excluding hydrogens is 479 g/mol. The van der Waals surface area contributed by atoms with Crippen LogP contribution in [0.15, 0.2) is 41.6 Å². The van der Waals surface area contributed by atoms with E-state index in [9.17, 15) is 4.79 Å². The second-order valence-electron chi connectivity index (χ2n) is 6.74. The fourth-order valence-corrected chi connectivity index (χ4v) is 4.12. The van der Waals surface area contributed by atoms with Gasteiger partial charge in [0.15, 0.2) is 17.1 Å². The molecule has 1 unspecified atom stereocenters. The molecule has 2 aromatic carbocycles. The fraction of sp³-hybridized carbons (Fsp3) is 0.286. The van der Waals surface area contributed by atoms with Crippen molar-refractivity contribution in [1.82, 2.24) is 14.8 Å². The number of nitrogens with one attached hydrogen (secondary N) is 1. The van der Waals surface area contributed by atoms with Crippen molar-refractivity contribution >= 4 is 58.2 Å². The third kappa shape index (κ3) is 6.07. The minimum Gasteiger partial charge on any atom is -0.481 e. The van der Waals surface area contributed by atoms with Gasteiger partial charge in [0, 0.05) is 12.2 Å². The number of amides is 1. The number of thioether (sulfide) groups is 1. The molecule has 0 aliphatic heterocycles. The lowest BCUT2D eigenvalue weighted by Crippen LogP contribution is -2.15. The number of hydrogen-bond donors (Lipinski definition) is 1. The largest absolute Gasteiger partial charge is 0.481 e. The molecular formula is C21H21Cl3N4O2S. The summed E-state index contributed by atoms with van der Waals surface area (Å²) in [6, 6.07) is 10.5. The van der Waals surface area contributed by atoms with Gasteiger partial charge in [0.05, 0.1) is 20.8 Å². The first-order valence-electron chi connectivity index (χ1n) is 9.52. The van der Waals surface area contributed by atoms with Gasteiger partial charge in [-0.05, 0) is 56.7 Å². The molecule has 0 fully saturated rings. The molecule has 0 bridgehead atoms. The normalized spacial score (nSPS) is 11.9. The summed E-state index contributed by atoms with van der Waals surface area (Å²) in [7, 11) is 0. The first kappa shape index (κ1) is 23.7. The van der Waals surface area contributed by atoms with Crippen LogP contribution in [-0.4, -0.2) is 26.4 Å². The molecule has 0 aliphatic carbocycles. The number of nitrogens with zero attached hydrogens (tertiary/aromatic N) is 3. The Labute approximate surface area is 200 Å². The van der Waals surface area contributed by atoms with Crippen LogP contribution in [0, 0.1) is 6.92 Å². The maximum absolute atomic E-state index is 12.3. The Bertz CT molecular complexity index is 1090. The summed E-state index contributed by atoms with van der Waals surface area (Å²) >= 11 is 19.4. The van der Waals surface area contributed by atoms with Crippen LogP contribution < -0.4 is 10.1 Å². The van der Waals surface area contributed by atoms with E-state index < -0.39 is 0 Å². The third-order valence-corrected chi connectivity index (χ3v) is 6.37. The van der Waals surface area contributed by atoms with E-state index in [0.717, 1.165) is 5.56 Å². The molecule has 1 N–H and O–H groups in total. The number of anilines is 1. The van der Waals surface area contributed by atoms with Gasteiger partial charge in [0.2, 0.25) is 5.91 Å². The number of hydrogen-bond acceptors (Lipinski definition) is 5. The molecule has 3 aromatic rings. The highest BCUT2D eigenvalue weighted by Gasteiger charge is 2.20.